The number of hydrogen-bond acceptors (Lipinski definition) is 8. The van der Waals surface area contributed by atoms with Gasteiger partial charge in [0, 0.05) is 23.9 Å². The van der Waals surface area contributed by atoms with Crippen molar-refractivity contribution in [2.24, 2.45) is 0 Å². The fourth-order valence-electron chi connectivity index (χ4n) is 4.56. The smallest absolute Gasteiger partial charge is 0.504 e. The van der Waals surface area contributed by atoms with E-state index in [9.17, 15) is 24.3 Å². The van der Waals surface area contributed by atoms with Crippen LogP contribution >= 0.6 is 7.82 Å². The van der Waals surface area contributed by atoms with Gasteiger partial charge in [0.05, 0.1) is 30.8 Å². The molecule has 4 aromatic rings. The number of aromatic nitrogens is 3. The molecule has 41 heavy (non-hydrogen) atoms. The third kappa shape index (κ3) is 7.42. The number of para-hydroxylation sites is 1. The number of phenolic OH excluding ortho intramolecular Hbond substituents is 1. The van der Waals surface area contributed by atoms with Crippen LogP contribution in [-0.4, -0.2) is 55.1 Å². The molecule has 4 rings (SSSR count). The van der Waals surface area contributed by atoms with E-state index in [0.29, 0.717) is 49.2 Å². The summed E-state index contributed by atoms with van der Waals surface area (Å²) in [7, 11) is -4.94. The van der Waals surface area contributed by atoms with Gasteiger partial charge in [-0.15, -0.1) is 0 Å². The number of amides is 1. The molecule has 6 N–H and O–H groups in total. The molecule has 2 aromatic heterocycles. The molecule has 0 unspecified atom stereocenters. The van der Waals surface area contributed by atoms with E-state index >= 15 is 0 Å². The Hall–Kier alpha value is -3.96. The van der Waals surface area contributed by atoms with Gasteiger partial charge in [-0.1, -0.05) is 38.1 Å². The highest BCUT2D eigenvalue weighted by Gasteiger charge is 2.24. The van der Waals surface area contributed by atoms with E-state index in [0.717, 1.165) is 35.1 Å². The molecule has 0 aliphatic carbocycles. The summed E-state index contributed by atoms with van der Waals surface area (Å²) >= 11 is 0. The number of fused-ring (bicyclic) bond motifs is 3. The molecule has 0 radical (unpaired) electrons. The number of phosphoric ester groups is 1. The second kappa shape index (κ2) is 13.1. The Kier molecular flexibility index (Phi) is 9.61. The van der Waals surface area contributed by atoms with Gasteiger partial charge in [-0.05, 0) is 42.7 Å². The van der Waals surface area contributed by atoms with E-state index < -0.39 is 7.82 Å². The standard InChI is InChI=1S/C28H34N5O7P/c1-3-5-9-23-32-25-26(33(23)17-19-7-6-8-22(34)27(19)40-41(36,37)38)20-16-18(10-11-21(20)31-28(25)29)12-14-39-15-13-30-24(35)4-2/h4,6-8,10-11,16,34H,2-3,5,9,12-15,17H2,1H3,(H2,29,31)(H,30,35)(H2,36,37,38). The number of carbonyl (C=O) groups excluding carboxylic acids is 1. The van der Waals surface area contributed by atoms with Gasteiger partial charge in [0.1, 0.15) is 11.3 Å². The molecule has 2 aromatic carbocycles. The SMILES string of the molecule is C=CC(=O)NCCOCCc1ccc2nc(N)c3nc(CCCC)n(Cc4cccc(O)c4OP(=O)(O)O)c3c2c1. The summed E-state index contributed by atoms with van der Waals surface area (Å²) in [6, 6.07) is 10.3. The summed E-state index contributed by atoms with van der Waals surface area (Å²) in [6.07, 6.45) is 4.24. The van der Waals surface area contributed by atoms with Gasteiger partial charge in [0.2, 0.25) is 5.91 Å². The molecule has 0 fully saturated rings. The number of nitrogens with one attached hydrogen (secondary N) is 1. The molecule has 13 heteroatoms. The third-order valence-corrected chi connectivity index (χ3v) is 6.90. The number of nitrogens with zero attached hydrogens (tertiary/aromatic N) is 3. The van der Waals surface area contributed by atoms with E-state index in [4.69, 9.17) is 20.0 Å². The fraction of sp³-hybridized carbons (Fsp3) is 0.321. The molecule has 0 aliphatic heterocycles. The first-order valence-corrected chi connectivity index (χ1v) is 14.8. The Balaban J connectivity index is 1.73. The van der Waals surface area contributed by atoms with Crippen molar-refractivity contribution in [1.29, 1.82) is 0 Å². The predicted molar refractivity (Wildman–Crippen MR) is 156 cm³/mol. The number of aromatic hydroxyl groups is 1. The van der Waals surface area contributed by atoms with Gasteiger partial charge in [-0.25, -0.2) is 14.5 Å². The Morgan fingerprint density at radius 3 is 2.73 bits per heavy atom. The van der Waals surface area contributed by atoms with Crippen LogP contribution in [0.3, 0.4) is 0 Å². The van der Waals surface area contributed by atoms with Crippen LogP contribution in [0.1, 0.15) is 36.7 Å². The van der Waals surface area contributed by atoms with Gasteiger partial charge < -0.3 is 30.0 Å². The fourth-order valence-corrected chi connectivity index (χ4v) is 5.01. The maximum absolute atomic E-state index is 11.7. The summed E-state index contributed by atoms with van der Waals surface area (Å²) in [5, 5.41) is 13.8. The molecule has 12 nitrogen and oxygen atoms in total. The molecule has 0 bridgehead atoms. The number of phenols is 1. The number of anilines is 1. The summed E-state index contributed by atoms with van der Waals surface area (Å²) in [5.41, 5.74) is 9.61. The van der Waals surface area contributed by atoms with Crippen LogP contribution in [0, 0.1) is 0 Å². The predicted octanol–water partition coefficient (Wildman–Crippen LogP) is 3.60. The van der Waals surface area contributed by atoms with Crippen LogP contribution in [0.4, 0.5) is 5.82 Å². The van der Waals surface area contributed by atoms with Gasteiger partial charge in [-0.3, -0.25) is 14.6 Å². The second-order valence-corrected chi connectivity index (χ2v) is 10.6. The first-order chi connectivity index (χ1) is 19.6. The van der Waals surface area contributed by atoms with E-state index in [1.54, 1.807) is 12.1 Å². The number of pyridine rings is 1. The van der Waals surface area contributed by atoms with Crippen molar-refractivity contribution in [3.63, 3.8) is 0 Å². The van der Waals surface area contributed by atoms with Crippen molar-refractivity contribution < 1.29 is 33.5 Å². The average Bonchev–Trinajstić information content (AvgIpc) is 3.29. The molecule has 2 heterocycles. The van der Waals surface area contributed by atoms with Gasteiger partial charge >= 0.3 is 7.82 Å². The molecule has 0 atom stereocenters. The third-order valence-electron chi connectivity index (χ3n) is 6.48. The summed E-state index contributed by atoms with van der Waals surface area (Å²) in [4.78, 5) is 39.6. The number of unbranched alkanes of at least 4 members (excludes halogenated alkanes) is 1. The Labute approximate surface area is 237 Å². The van der Waals surface area contributed by atoms with Gasteiger partial charge in [0.15, 0.2) is 17.3 Å². The average molecular weight is 584 g/mol. The van der Waals surface area contributed by atoms with Crippen LogP contribution in [0.25, 0.3) is 21.9 Å². The number of carbonyl (C=O) groups is 1. The summed E-state index contributed by atoms with van der Waals surface area (Å²) < 4.78 is 24.1. The van der Waals surface area contributed by atoms with Crippen LogP contribution < -0.4 is 15.6 Å². The number of imidazole rings is 1. The highest BCUT2D eigenvalue weighted by molar-refractivity contribution is 7.46. The summed E-state index contributed by atoms with van der Waals surface area (Å²) in [6.45, 7) is 6.79. The number of nitrogen functional groups attached to an aromatic ring is 1. The lowest BCUT2D eigenvalue weighted by molar-refractivity contribution is -0.116. The zero-order valence-electron chi connectivity index (χ0n) is 22.7. The van der Waals surface area contributed by atoms with Crippen LogP contribution in [0.15, 0.2) is 49.1 Å². The van der Waals surface area contributed by atoms with Crippen LogP contribution in [0.2, 0.25) is 0 Å². The van der Waals surface area contributed by atoms with Crippen molar-refractivity contribution in [1.82, 2.24) is 19.9 Å². The molecule has 0 spiro atoms. The number of benzene rings is 2. The van der Waals surface area contributed by atoms with Gasteiger partial charge in [0.25, 0.3) is 0 Å². The number of rotatable bonds is 14. The topological polar surface area (TPSA) is 182 Å². The Morgan fingerprint density at radius 2 is 2.00 bits per heavy atom. The molecule has 0 aliphatic rings. The molecule has 0 saturated heterocycles. The minimum absolute atomic E-state index is 0.113. The second-order valence-electron chi connectivity index (χ2n) is 9.47. The quantitative estimate of drug-likeness (QED) is 0.0835. The lowest BCUT2D eigenvalue weighted by Crippen LogP contribution is -2.25. The zero-order chi connectivity index (χ0) is 29.6. The number of ether oxygens (including phenoxy) is 1. The van der Waals surface area contributed by atoms with E-state index in [1.165, 1.54) is 12.1 Å². The van der Waals surface area contributed by atoms with Crippen LogP contribution in [0.5, 0.6) is 11.5 Å². The number of phosphoric acid groups is 1. The number of hydrogen-bond donors (Lipinski definition) is 5. The van der Waals surface area contributed by atoms with E-state index in [-0.39, 0.29) is 29.8 Å². The zero-order valence-corrected chi connectivity index (χ0v) is 23.6. The van der Waals surface area contributed by atoms with Crippen molar-refractivity contribution in [3.05, 3.63) is 66.0 Å². The highest BCUT2D eigenvalue weighted by Crippen LogP contribution is 2.44. The monoisotopic (exact) mass is 583 g/mol. The van der Waals surface area contributed by atoms with Crippen molar-refractivity contribution in [2.45, 2.75) is 39.2 Å². The molecule has 218 valence electrons. The number of aryl methyl sites for hydroxylation is 1. The minimum Gasteiger partial charge on any atom is -0.504 e. The normalized spacial score (nSPS) is 11.7. The Morgan fingerprint density at radius 1 is 1.20 bits per heavy atom. The summed E-state index contributed by atoms with van der Waals surface area (Å²) in [5.74, 6) is 0.0631. The lowest BCUT2D eigenvalue weighted by atomic mass is 10.1. The Bertz CT molecular complexity index is 1610. The minimum atomic E-state index is -4.94. The number of nitrogens with two attached hydrogens (primary N) is 1. The van der Waals surface area contributed by atoms with Crippen LogP contribution in [-0.2, 0) is 33.5 Å². The largest absolute Gasteiger partial charge is 0.524 e. The maximum Gasteiger partial charge on any atom is 0.524 e. The first kappa shape index (κ1) is 30.0. The first-order valence-electron chi connectivity index (χ1n) is 13.2. The highest BCUT2D eigenvalue weighted by atomic mass is 31.2. The van der Waals surface area contributed by atoms with E-state index in [2.05, 4.69) is 23.8 Å². The molecular formula is C28H34N5O7P. The van der Waals surface area contributed by atoms with Crippen molar-refractivity contribution in [3.8, 4) is 11.5 Å². The lowest BCUT2D eigenvalue weighted by Gasteiger charge is -2.16. The molecule has 0 saturated carbocycles. The van der Waals surface area contributed by atoms with Gasteiger partial charge in [-0.2, -0.15) is 0 Å². The molecular weight excluding hydrogens is 549 g/mol. The van der Waals surface area contributed by atoms with Crippen molar-refractivity contribution in [2.75, 3.05) is 25.5 Å². The molecule has 1 amide bonds. The maximum atomic E-state index is 11.7. The van der Waals surface area contributed by atoms with E-state index in [1.807, 2.05) is 22.8 Å². The van der Waals surface area contributed by atoms with Crippen molar-refractivity contribution >= 4 is 41.5 Å².